The molecular weight excluding hydrogens is 154 g/mol. The summed E-state index contributed by atoms with van der Waals surface area (Å²) >= 11 is 0. The Hall–Kier alpha value is -0.990. The van der Waals surface area contributed by atoms with Gasteiger partial charge < -0.3 is 4.52 Å². The van der Waals surface area contributed by atoms with E-state index in [-0.39, 0.29) is 17.5 Å². The van der Waals surface area contributed by atoms with E-state index in [1.165, 1.54) is 4.74 Å². The predicted octanol–water partition coefficient (Wildman–Crippen LogP) is 2.15. The normalized spacial score (nSPS) is 11.5. The number of nitrogens with zero attached hydrogens (tertiary/aromatic N) is 1. The van der Waals surface area contributed by atoms with Crippen LogP contribution in [-0.4, -0.2) is 4.74 Å². The van der Waals surface area contributed by atoms with Crippen molar-refractivity contribution in [1.82, 2.24) is 4.74 Å². The summed E-state index contributed by atoms with van der Waals surface area (Å²) in [5.74, 6) is 0.237. The van der Waals surface area contributed by atoms with E-state index in [0.717, 1.165) is 5.56 Å². The summed E-state index contributed by atoms with van der Waals surface area (Å²) in [6.45, 7) is 7.82. The Balaban J connectivity index is 3.14. The maximum absolute atomic E-state index is 11.5. The molecule has 1 aromatic heterocycles. The Morgan fingerprint density at radius 3 is 2.17 bits per heavy atom. The van der Waals surface area contributed by atoms with Crippen LogP contribution in [0, 0.1) is 0 Å². The minimum atomic E-state index is 0.000000000000000222. The minimum absolute atomic E-state index is 0.000000000000000222. The Bertz CT molecular complexity index is 278. The average Bonchev–Trinajstić information content (AvgIpc) is 2.30. The van der Waals surface area contributed by atoms with Crippen molar-refractivity contribution in [3.8, 4) is 0 Å². The highest BCUT2D eigenvalue weighted by Crippen LogP contribution is 2.11. The van der Waals surface area contributed by atoms with Crippen molar-refractivity contribution in [3.63, 3.8) is 0 Å². The summed E-state index contributed by atoms with van der Waals surface area (Å²) < 4.78 is 6.52. The van der Waals surface area contributed by atoms with Gasteiger partial charge in [0, 0.05) is 0 Å². The highest BCUT2D eigenvalue weighted by Gasteiger charge is 2.12. The van der Waals surface area contributed by atoms with Gasteiger partial charge in [-0.25, -0.2) is 0 Å². The molecule has 0 aromatic carbocycles. The molecule has 0 N–H and O–H groups in total. The van der Waals surface area contributed by atoms with Crippen LogP contribution in [0.3, 0.4) is 0 Å². The maximum Gasteiger partial charge on any atom is 0.286 e. The number of hydrogen-bond donors (Lipinski definition) is 0. The molecule has 1 heterocycles. The van der Waals surface area contributed by atoms with E-state index < -0.39 is 0 Å². The first-order chi connectivity index (χ1) is 5.54. The second-order valence-corrected chi connectivity index (χ2v) is 3.56. The number of hydrogen-bond acceptors (Lipinski definition) is 2. The van der Waals surface area contributed by atoms with Crippen LogP contribution in [0.15, 0.2) is 15.6 Å². The van der Waals surface area contributed by atoms with Crippen molar-refractivity contribution >= 4 is 0 Å². The molecule has 0 fully saturated rings. The summed E-state index contributed by atoms with van der Waals surface area (Å²) in [7, 11) is 0. The molecule has 3 nitrogen and oxygen atoms in total. The van der Waals surface area contributed by atoms with E-state index in [4.69, 9.17) is 4.52 Å². The van der Waals surface area contributed by atoms with Crippen LogP contribution in [-0.2, 0) is 0 Å². The van der Waals surface area contributed by atoms with Gasteiger partial charge in [-0.2, -0.15) is 4.74 Å². The molecule has 68 valence electrons. The van der Waals surface area contributed by atoms with Crippen LogP contribution < -0.4 is 5.56 Å². The van der Waals surface area contributed by atoms with E-state index in [0.29, 0.717) is 0 Å². The van der Waals surface area contributed by atoms with Gasteiger partial charge in [0.05, 0.1) is 11.6 Å². The monoisotopic (exact) mass is 169 g/mol. The lowest BCUT2D eigenvalue weighted by Crippen LogP contribution is -2.19. The largest absolute Gasteiger partial charge is 0.384 e. The van der Waals surface area contributed by atoms with Gasteiger partial charge in [-0.15, -0.1) is 0 Å². The molecule has 0 unspecified atom stereocenters. The molecule has 3 heteroatoms. The molecule has 1 aromatic rings. The van der Waals surface area contributed by atoms with Crippen molar-refractivity contribution in [2.75, 3.05) is 0 Å². The van der Waals surface area contributed by atoms with Gasteiger partial charge in [0.1, 0.15) is 6.26 Å². The van der Waals surface area contributed by atoms with E-state index >= 15 is 0 Å². The van der Waals surface area contributed by atoms with Crippen molar-refractivity contribution in [1.29, 1.82) is 0 Å². The molecule has 0 amide bonds. The molecule has 0 bridgehead atoms. The van der Waals surface area contributed by atoms with Gasteiger partial charge in [-0.05, 0) is 19.8 Å². The van der Waals surface area contributed by atoms with Gasteiger partial charge >= 0.3 is 0 Å². The van der Waals surface area contributed by atoms with Crippen LogP contribution in [0.2, 0.25) is 0 Å². The third-order valence-corrected chi connectivity index (χ3v) is 1.83. The van der Waals surface area contributed by atoms with E-state index in [9.17, 15) is 4.79 Å². The molecule has 12 heavy (non-hydrogen) atoms. The summed E-state index contributed by atoms with van der Waals surface area (Å²) in [5.41, 5.74) is 0.753. The lowest BCUT2D eigenvalue weighted by atomic mass is 10.1. The van der Waals surface area contributed by atoms with Gasteiger partial charge in [0.2, 0.25) is 0 Å². The third-order valence-electron chi connectivity index (χ3n) is 1.83. The van der Waals surface area contributed by atoms with E-state index in [1.54, 1.807) is 6.26 Å². The molecule has 0 aliphatic carbocycles. The molecule has 0 saturated carbocycles. The minimum Gasteiger partial charge on any atom is -0.384 e. The Morgan fingerprint density at radius 1 is 1.33 bits per heavy atom. The zero-order valence-corrected chi connectivity index (χ0v) is 8.00. The molecule has 0 aliphatic rings. The smallest absolute Gasteiger partial charge is 0.286 e. The maximum atomic E-state index is 11.5. The topological polar surface area (TPSA) is 35.1 Å². The van der Waals surface area contributed by atoms with Crippen LogP contribution in [0.5, 0.6) is 0 Å². The summed E-state index contributed by atoms with van der Waals surface area (Å²) in [6.07, 6.45) is 1.55. The van der Waals surface area contributed by atoms with E-state index in [2.05, 4.69) is 0 Å². The fourth-order valence-electron chi connectivity index (χ4n) is 1.08. The van der Waals surface area contributed by atoms with Crippen molar-refractivity contribution < 1.29 is 4.52 Å². The molecule has 0 spiro atoms. The van der Waals surface area contributed by atoms with Crippen LogP contribution in [0.1, 0.15) is 45.2 Å². The zero-order valence-electron chi connectivity index (χ0n) is 8.00. The standard InChI is InChI=1S/C9H15NO2/c1-6(2)8-5-12-10(7(3)4)9(8)11/h5-7H,1-4H3. The molecular formula is C9H15NO2. The van der Waals surface area contributed by atoms with Crippen LogP contribution in [0.4, 0.5) is 0 Å². The molecule has 0 radical (unpaired) electrons. The molecule has 0 atom stereocenters. The van der Waals surface area contributed by atoms with Crippen LogP contribution in [0.25, 0.3) is 0 Å². The lowest BCUT2D eigenvalue weighted by molar-refractivity contribution is 0.231. The number of rotatable bonds is 2. The summed E-state index contributed by atoms with van der Waals surface area (Å²) in [4.78, 5) is 11.5. The van der Waals surface area contributed by atoms with Crippen molar-refractivity contribution in [3.05, 3.63) is 22.2 Å². The highest BCUT2D eigenvalue weighted by atomic mass is 16.5. The predicted molar refractivity (Wildman–Crippen MR) is 47.4 cm³/mol. The molecule has 0 saturated heterocycles. The SMILES string of the molecule is CC(C)c1con(C(C)C)c1=O. The Labute approximate surface area is 72.0 Å². The third kappa shape index (κ3) is 1.44. The fraction of sp³-hybridized carbons (Fsp3) is 0.667. The quantitative estimate of drug-likeness (QED) is 0.680. The Kier molecular flexibility index (Phi) is 2.40. The van der Waals surface area contributed by atoms with Gasteiger partial charge in [-0.3, -0.25) is 4.79 Å². The van der Waals surface area contributed by atoms with E-state index in [1.807, 2.05) is 27.7 Å². The lowest BCUT2D eigenvalue weighted by Gasteiger charge is -2.01. The van der Waals surface area contributed by atoms with Crippen LogP contribution >= 0.6 is 0 Å². The van der Waals surface area contributed by atoms with Gasteiger partial charge in [0.15, 0.2) is 0 Å². The van der Waals surface area contributed by atoms with Crippen molar-refractivity contribution in [2.45, 2.75) is 39.7 Å². The zero-order chi connectivity index (χ0) is 9.30. The first-order valence-corrected chi connectivity index (χ1v) is 4.24. The highest BCUT2D eigenvalue weighted by molar-refractivity contribution is 5.07. The summed E-state index contributed by atoms with van der Waals surface area (Å²) in [5, 5.41) is 0. The molecule has 0 aliphatic heterocycles. The van der Waals surface area contributed by atoms with Gasteiger partial charge in [-0.1, -0.05) is 13.8 Å². The Morgan fingerprint density at radius 2 is 1.92 bits per heavy atom. The average molecular weight is 169 g/mol. The fourth-order valence-corrected chi connectivity index (χ4v) is 1.08. The number of aromatic nitrogens is 1. The summed E-state index contributed by atoms with van der Waals surface area (Å²) in [6, 6.07) is 0.102. The van der Waals surface area contributed by atoms with Gasteiger partial charge in [0.25, 0.3) is 5.56 Å². The first kappa shape index (κ1) is 9.10. The van der Waals surface area contributed by atoms with Crippen molar-refractivity contribution in [2.24, 2.45) is 0 Å². The molecule has 1 rings (SSSR count). The second-order valence-electron chi connectivity index (χ2n) is 3.56. The first-order valence-electron chi connectivity index (χ1n) is 4.24. The second kappa shape index (κ2) is 3.17.